The van der Waals surface area contributed by atoms with E-state index >= 15 is 0 Å². The van der Waals surface area contributed by atoms with Crippen molar-refractivity contribution in [3.05, 3.63) is 35.6 Å². The Hall–Kier alpha value is -1.06. The minimum Gasteiger partial charge on any atom is -0.357 e. The van der Waals surface area contributed by atoms with Crippen LogP contribution in [0.25, 0.3) is 0 Å². The van der Waals surface area contributed by atoms with Crippen molar-refractivity contribution < 1.29 is 0 Å². The van der Waals surface area contributed by atoms with Crippen LogP contribution in [0.4, 0.5) is 0 Å². The summed E-state index contributed by atoms with van der Waals surface area (Å²) in [6.45, 7) is 9.67. The molecule has 0 heterocycles. The fourth-order valence-corrected chi connectivity index (χ4v) is 1.65. The van der Waals surface area contributed by atoms with Gasteiger partial charge in [0.1, 0.15) is 6.17 Å². The minimum absolute atomic E-state index is 0.136. The summed E-state index contributed by atoms with van der Waals surface area (Å²) in [5.41, 5.74) is 14.2. The summed E-state index contributed by atoms with van der Waals surface area (Å²) in [6.07, 6.45) is 9.11. The van der Waals surface area contributed by atoms with Gasteiger partial charge in [-0.15, -0.1) is 0 Å². The number of allylic oxidation sites excluding steroid dienone is 5. The molecule has 98 valence electrons. The van der Waals surface area contributed by atoms with Gasteiger partial charge in [-0.1, -0.05) is 31.2 Å². The second-order valence-corrected chi connectivity index (χ2v) is 3.94. The zero-order valence-electron chi connectivity index (χ0n) is 11.6. The molecule has 0 aromatic rings. The molecule has 0 unspecified atom stereocenters. The molecule has 0 aromatic heterocycles. The quantitative estimate of drug-likeness (QED) is 0.528. The van der Waals surface area contributed by atoms with Gasteiger partial charge < -0.3 is 16.4 Å². The van der Waals surface area contributed by atoms with E-state index in [-0.39, 0.29) is 6.17 Å². The SMILES string of the molecule is C/C=C(/C)N(CC)[C@@H](N)/C(=C/C=C\CC)CN. The van der Waals surface area contributed by atoms with Crippen LogP contribution in [-0.2, 0) is 0 Å². The Kier molecular flexibility index (Phi) is 8.46. The van der Waals surface area contributed by atoms with Crippen LogP contribution in [0.2, 0.25) is 0 Å². The van der Waals surface area contributed by atoms with Crippen LogP contribution in [0.1, 0.15) is 34.1 Å². The smallest absolute Gasteiger partial charge is 0.100 e. The molecule has 0 aliphatic carbocycles. The highest BCUT2D eigenvalue weighted by Crippen LogP contribution is 2.11. The molecule has 0 fully saturated rings. The summed E-state index contributed by atoms with van der Waals surface area (Å²) in [5, 5.41) is 0. The van der Waals surface area contributed by atoms with E-state index in [9.17, 15) is 0 Å². The van der Waals surface area contributed by atoms with E-state index in [0.29, 0.717) is 6.54 Å². The maximum atomic E-state index is 6.24. The summed E-state index contributed by atoms with van der Waals surface area (Å²) >= 11 is 0. The lowest BCUT2D eigenvalue weighted by Gasteiger charge is -2.31. The fourth-order valence-electron chi connectivity index (χ4n) is 1.65. The van der Waals surface area contributed by atoms with Gasteiger partial charge >= 0.3 is 0 Å². The fraction of sp³-hybridized carbons (Fsp3) is 0.571. The van der Waals surface area contributed by atoms with Crippen LogP contribution in [0, 0.1) is 0 Å². The predicted molar refractivity (Wildman–Crippen MR) is 76.4 cm³/mol. The molecule has 0 aliphatic rings. The highest BCUT2D eigenvalue weighted by atomic mass is 15.2. The Labute approximate surface area is 106 Å². The van der Waals surface area contributed by atoms with E-state index in [1.807, 2.05) is 19.1 Å². The standard InChI is InChI=1S/C14H27N3/c1-5-8-9-10-13(11-15)14(16)17(7-3)12(4)6-2/h6,8-10,14H,5,7,11,15-16H2,1-4H3/b9-8-,12-6-,13-10+/t14-/m1/s1. The third kappa shape index (κ3) is 5.20. The number of likely N-dealkylation sites (N-methyl/N-ethyl adjacent to an activating group) is 1. The van der Waals surface area contributed by atoms with Gasteiger partial charge in [0.05, 0.1) is 0 Å². The average Bonchev–Trinajstić information content (AvgIpc) is 2.35. The molecule has 0 bridgehead atoms. The summed E-state index contributed by atoms with van der Waals surface area (Å²) in [6, 6.07) is 0. The topological polar surface area (TPSA) is 55.3 Å². The monoisotopic (exact) mass is 237 g/mol. The van der Waals surface area contributed by atoms with E-state index in [1.165, 1.54) is 5.70 Å². The maximum absolute atomic E-state index is 6.24. The first kappa shape index (κ1) is 15.9. The molecule has 0 aliphatic heterocycles. The Balaban J connectivity index is 4.88. The van der Waals surface area contributed by atoms with Crippen LogP contribution in [0.5, 0.6) is 0 Å². The van der Waals surface area contributed by atoms with Crippen molar-refractivity contribution in [1.29, 1.82) is 0 Å². The second kappa shape index (κ2) is 9.02. The third-order valence-corrected chi connectivity index (χ3v) is 2.84. The first-order valence-electron chi connectivity index (χ1n) is 6.33. The molecule has 0 amide bonds. The number of rotatable bonds is 7. The van der Waals surface area contributed by atoms with Crippen molar-refractivity contribution in [1.82, 2.24) is 4.90 Å². The molecule has 0 radical (unpaired) electrons. The molecular formula is C14H27N3. The number of nitrogens with zero attached hydrogens (tertiary/aromatic N) is 1. The van der Waals surface area contributed by atoms with E-state index < -0.39 is 0 Å². The van der Waals surface area contributed by atoms with E-state index in [0.717, 1.165) is 18.5 Å². The summed E-state index contributed by atoms with van der Waals surface area (Å²) in [5.74, 6) is 0. The molecular weight excluding hydrogens is 210 g/mol. The highest BCUT2D eigenvalue weighted by Gasteiger charge is 2.15. The van der Waals surface area contributed by atoms with Crippen LogP contribution in [0.3, 0.4) is 0 Å². The largest absolute Gasteiger partial charge is 0.357 e. The van der Waals surface area contributed by atoms with Crippen molar-refractivity contribution in [2.45, 2.75) is 40.3 Å². The normalized spacial score (nSPS) is 15.4. The van der Waals surface area contributed by atoms with Gasteiger partial charge in [0.2, 0.25) is 0 Å². The van der Waals surface area contributed by atoms with Crippen molar-refractivity contribution >= 4 is 0 Å². The maximum Gasteiger partial charge on any atom is 0.100 e. The molecule has 3 heteroatoms. The summed E-state index contributed by atoms with van der Waals surface area (Å²) in [7, 11) is 0. The Morgan fingerprint density at radius 3 is 2.41 bits per heavy atom. The summed E-state index contributed by atoms with van der Waals surface area (Å²) in [4.78, 5) is 2.15. The predicted octanol–water partition coefficient (Wildman–Crippen LogP) is 2.37. The van der Waals surface area contributed by atoms with Crippen LogP contribution < -0.4 is 11.5 Å². The molecule has 1 atom stereocenters. The van der Waals surface area contributed by atoms with Gasteiger partial charge in [-0.3, -0.25) is 0 Å². The van der Waals surface area contributed by atoms with Gasteiger partial charge in [0.15, 0.2) is 0 Å². The van der Waals surface area contributed by atoms with E-state index in [1.54, 1.807) is 0 Å². The number of hydrogen-bond acceptors (Lipinski definition) is 3. The molecule has 0 saturated carbocycles. The van der Waals surface area contributed by atoms with Crippen molar-refractivity contribution in [2.75, 3.05) is 13.1 Å². The molecule has 0 saturated heterocycles. The Morgan fingerprint density at radius 1 is 1.35 bits per heavy atom. The zero-order chi connectivity index (χ0) is 13.3. The number of nitrogens with two attached hydrogens (primary N) is 2. The second-order valence-electron chi connectivity index (χ2n) is 3.94. The first-order chi connectivity index (χ1) is 8.12. The Morgan fingerprint density at radius 2 is 2.00 bits per heavy atom. The first-order valence-corrected chi connectivity index (χ1v) is 6.33. The third-order valence-electron chi connectivity index (χ3n) is 2.84. The lowest BCUT2D eigenvalue weighted by molar-refractivity contribution is 0.299. The summed E-state index contributed by atoms with van der Waals surface area (Å²) < 4.78 is 0. The van der Waals surface area contributed by atoms with E-state index in [2.05, 4.69) is 37.8 Å². The van der Waals surface area contributed by atoms with Crippen LogP contribution in [-0.4, -0.2) is 24.2 Å². The molecule has 3 nitrogen and oxygen atoms in total. The van der Waals surface area contributed by atoms with Crippen LogP contribution >= 0.6 is 0 Å². The molecule has 0 rings (SSSR count). The van der Waals surface area contributed by atoms with Gasteiger partial charge in [-0.2, -0.15) is 0 Å². The lowest BCUT2D eigenvalue weighted by atomic mass is 10.1. The molecule has 0 aromatic carbocycles. The van der Waals surface area contributed by atoms with Crippen molar-refractivity contribution in [2.24, 2.45) is 11.5 Å². The van der Waals surface area contributed by atoms with Gasteiger partial charge in [0.25, 0.3) is 0 Å². The Bertz CT molecular complexity index is 290. The average molecular weight is 237 g/mol. The van der Waals surface area contributed by atoms with Crippen molar-refractivity contribution in [3.8, 4) is 0 Å². The van der Waals surface area contributed by atoms with Crippen LogP contribution in [0.15, 0.2) is 35.6 Å². The molecule has 0 spiro atoms. The minimum atomic E-state index is -0.136. The number of hydrogen-bond donors (Lipinski definition) is 2. The zero-order valence-corrected chi connectivity index (χ0v) is 11.6. The highest BCUT2D eigenvalue weighted by molar-refractivity contribution is 5.20. The van der Waals surface area contributed by atoms with Gasteiger partial charge in [-0.25, -0.2) is 0 Å². The molecule has 4 N–H and O–H groups in total. The van der Waals surface area contributed by atoms with Crippen molar-refractivity contribution in [3.63, 3.8) is 0 Å². The van der Waals surface area contributed by atoms with Gasteiger partial charge in [-0.05, 0) is 32.8 Å². The molecule has 17 heavy (non-hydrogen) atoms. The van der Waals surface area contributed by atoms with Gasteiger partial charge in [0, 0.05) is 18.8 Å². The lowest BCUT2D eigenvalue weighted by Crippen LogP contribution is -2.43. The van der Waals surface area contributed by atoms with E-state index in [4.69, 9.17) is 11.5 Å².